The third-order valence-electron chi connectivity index (χ3n) is 3.64. The molecule has 2 rings (SSSR count). The van der Waals surface area contributed by atoms with Crippen LogP contribution in [0.5, 0.6) is 0 Å². The van der Waals surface area contributed by atoms with E-state index < -0.39 is 10.0 Å². The molecular weight excluding hydrogens is 364 g/mol. The van der Waals surface area contributed by atoms with Crippen molar-refractivity contribution in [3.8, 4) is 0 Å². The van der Waals surface area contributed by atoms with Crippen LogP contribution in [0.25, 0.3) is 0 Å². The van der Waals surface area contributed by atoms with E-state index in [1.54, 1.807) is 16.4 Å². The molecule has 1 N–H and O–H groups in total. The van der Waals surface area contributed by atoms with Crippen molar-refractivity contribution in [1.29, 1.82) is 0 Å². The molecule has 0 unspecified atom stereocenters. The summed E-state index contributed by atoms with van der Waals surface area (Å²) in [4.78, 5) is 0.371. The highest BCUT2D eigenvalue weighted by Gasteiger charge is 2.30. The first-order valence-corrected chi connectivity index (χ1v) is 8.62. The van der Waals surface area contributed by atoms with Crippen LogP contribution in [0, 0.1) is 6.92 Å². The van der Waals surface area contributed by atoms with E-state index in [9.17, 15) is 8.42 Å². The predicted octanol–water partition coefficient (Wildman–Crippen LogP) is 2.55. The Kier molecular flexibility index (Phi) is 6.47. The Hall–Kier alpha value is -0.140. The van der Waals surface area contributed by atoms with Crippen LogP contribution in [0.2, 0.25) is 0 Å². The van der Waals surface area contributed by atoms with Gasteiger partial charge < -0.3 is 5.32 Å². The van der Waals surface area contributed by atoms with Gasteiger partial charge >= 0.3 is 0 Å². The SMILES string of the molecule is CNC1CCN(S(=O)(=O)c2cccc(C)c2Br)CC1.Cl. The Morgan fingerprint density at radius 2 is 1.90 bits per heavy atom. The molecule has 1 aliphatic heterocycles. The number of nitrogens with one attached hydrogen (secondary N) is 1. The molecule has 20 heavy (non-hydrogen) atoms. The average molecular weight is 384 g/mol. The number of halogens is 2. The van der Waals surface area contributed by atoms with Crippen LogP contribution in [0.4, 0.5) is 0 Å². The van der Waals surface area contributed by atoms with Crippen molar-refractivity contribution in [2.75, 3.05) is 20.1 Å². The highest BCUT2D eigenvalue weighted by atomic mass is 79.9. The molecule has 0 spiro atoms. The lowest BCUT2D eigenvalue weighted by Gasteiger charge is -2.31. The minimum absolute atomic E-state index is 0. The Bertz CT molecular complexity index is 557. The molecule has 0 amide bonds. The van der Waals surface area contributed by atoms with Gasteiger partial charge in [0.2, 0.25) is 10.0 Å². The summed E-state index contributed by atoms with van der Waals surface area (Å²) in [5.74, 6) is 0. The quantitative estimate of drug-likeness (QED) is 0.872. The fourth-order valence-corrected chi connectivity index (χ4v) is 4.83. The zero-order valence-corrected chi connectivity index (χ0v) is 14.8. The van der Waals surface area contributed by atoms with Crippen molar-refractivity contribution in [2.45, 2.75) is 30.7 Å². The maximum atomic E-state index is 12.6. The molecule has 114 valence electrons. The molecule has 1 fully saturated rings. The van der Waals surface area contributed by atoms with Gasteiger partial charge in [0.25, 0.3) is 0 Å². The second-order valence-corrected chi connectivity index (χ2v) is 7.55. The molecule has 0 radical (unpaired) electrons. The molecule has 1 aromatic rings. The molecule has 1 saturated heterocycles. The van der Waals surface area contributed by atoms with Crippen LogP contribution in [-0.4, -0.2) is 38.9 Å². The molecule has 1 aliphatic rings. The molecule has 0 aliphatic carbocycles. The zero-order chi connectivity index (χ0) is 14.0. The number of hydrogen-bond acceptors (Lipinski definition) is 3. The Balaban J connectivity index is 0.00000200. The second-order valence-electron chi connectivity index (χ2n) is 4.85. The lowest BCUT2D eigenvalue weighted by Crippen LogP contribution is -2.43. The maximum Gasteiger partial charge on any atom is 0.244 e. The van der Waals surface area contributed by atoms with Crippen molar-refractivity contribution in [3.63, 3.8) is 0 Å². The molecule has 1 aromatic carbocycles. The van der Waals surface area contributed by atoms with Crippen LogP contribution in [0.15, 0.2) is 27.6 Å². The van der Waals surface area contributed by atoms with E-state index in [0.29, 0.717) is 28.5 Å². The smallest absolute Gasteiger partial charge is 0.244 e. The Labute approximate surface area is 135 Å². The summed E-state index contributed by atoms with van der Waals surface area (Å²) in [5.41, 5.74) is 0.936. The molecule has 4 nitrogen and oxygen atoms in total. The van der Waals surface area contributed by atoms with E-state index in [2.05, 4.69) is 21.2 Å². The van der Waals surface area contributed by atoms with Crippen LogP contribution >= 0.6 is 28.3 Å². The molecule has 0 bridgehead atoms. The van der Waals surface area contributed by atoms with E-state index in [4.69, 9.17) is 0 Å². The number of sulfonamides is 1. The fourth-order valence-electron chi connectivity index (χ4n) is 2.34. The average Bonchev–Trinajstić information content (AvgIpc) is 2.41. The van der Waals surface area contributed by atoms with Gasteiger partial charge in [-0.15, -0.1) is 12.4 Å². The van der Waals surface area contributed by atoms with E-state index in [1.165, 1.54) is 0 Å². The number of rotatable bonds is 3. The number of aryl methyl sites for hydroxylation is 1. The summed E-state index contributed by atoms with van der Waals surface area (Å²) in [6, 6.07) is 5.77. The third kappa shape index (κ3) is 3.54. The lowest BCUT2D eigenvalue weighted by molar-refractivity contribution is 0.298. The third-order valence-corrected chi connectivity index (χ3v) is 6.89. The van der Waals surface area contributed by atoms with E-state index in [-0.39, 0.29) is 12.4 Å². The fraction of sp³-hybridized carbons (Fsp3) is 0.538. The molecule has 7 heteroatoms. The summed E-state index contributed by atoms with van der Waals surface area (Å²) >= 11 is 3.39. The Morgan fingerprint density at radius 3 is 2.45 bits per heavy atom. The molecule has 0 atom stereocenters. The van der Waals surface area contributed by atoms with Crippen LogP contribution in [0.1, 0.15) is 18.4 Å². The highest BCUT2D eigenvalue weighted by Crippen LogP contribution is 2.29. The summed E-state index contributed by atoms with van der Waals surface area (Å²) in [6.07, 6.45) is 1.72. The van der Waals surface area contributed by atoms with Crippen LogP contribution < -0.4 is 5.32 Å². The normalized spacial score (nSPS) is 17.8. The largest absolute Gasteiger partial charge is 0.317 e. The number of benzene rings is 1. The first-order valence-electron chi connectivity index (χ1n) is 6.39. The van der Waals surface area contributed by atoms with Gasteiger partial charge in [0.1, 0.15) is 0 Å². The van der Waals surface area contributed by atoms with Gasteiger partial charge in [-0.1, -0.05) is 12.1 Å². The van der Waals surface area contributed by atoms with Gasteiger partial charge in [-0.05, 0) is 54.4 Å². The first kappa shape index (κ1) is 17.9. The minimum atomic E-state index is -3.39. The number of hydrogen-bond donors (Lipinski definition) is 1. The van der Waals surface area contributed by atoms with E-state index in [1.807, 2.05) is 20.0 Å². The summed E-state index contributed by atoms with van der Waals surface area (Å²) in [5, 5.41) is 3.21. The van der Waals surface area contributed by atoms with Gasteiger partial charge in [-0.3, -0.25) is 0 Å². The second kappa shape index (κ2) is 7.22. The predicted molar refractivity (Wildman–Crippen MR) is 87.0 cm³/mol. The van der Waals surface area contributed by atoms with Crippen LogP contribution in [-0.2, 0) is 10.0 Å². The summed E-state index contributed by atoms with van der Waals surface area (Å²) in [7, 11) is -1.47. The molecule has 0 saturated carbocycles. The standard InChI is InChI=1S/C13H19BrN2O2S.ClH/c1-10-4-3-5-12(13(10)14)19(17,18)16-8-6-11(15-2)7-9-16;/h3-5,11,15H,6-9H2,1-2H3;1H. The van der Waals surface area contributed by atoms with Crippen molar-refractivity contribution >= 4 is 38.4 Å². The zero-order valence-electron chi connectivity index (χ0n) is 11.6. The topological polar surface area (TPSA) is 49.4 Å². The Morgan fingerprint density at radius 1 is 1.30 bits per heavy atom. The van der Waals surface area contributed by atoms with E-state index in [0.717, 1.165) is 18.4 Å². The van der Waals surface area contributed by atoms with Gasteiger partial charge in [0, 0.05) is 23.6 Å². The van der Waals surface area contributed by atoms with Gasteiger partial charge in [0.05, 0.1) is 4.90 Å². The van der Waals surface area contributed by atoms with Crippen molar-refractivity contribution < 1.29 is 8.42 Å². The number of piperidine rings is 1. The number of nitrogens with zero attached hydrogens (tertiary/aromatic N) is 1. The van der Waals surface area contributed by atoms with Crippen LogP contribution in [0.3, 0.4) is 0 Å². The summed E-state index contributed by atoms with van der Waals surface area (Å²) < 4.78 is 27.5. The van der Waals surface area contributed by atoms with Crippen molar-refractivity contribution in [1.82, 2.24) is 9.62 Å². The monoisotopic (exact) mass is 382 g/mol. The maximum absolute atomic E-state index is 12.6. The minimum Gasteiger partial charge on any atom is -0.317 e. The molecular formula is C13H20BrClN2O2S. The lowest BCUT2D eigenvalue weighted by atomic mass is 10.1. The highest BCUT2D eigenvalue weighted by molar-refractivity contribution is 9.10. The molecule has 0 aromatic heterocycles. The molecule has 1 heterocycles. The van der Waals surface area contributed by atoms with Gasteiger partial charge in [-0.25, -0.2) is 8.42 Å². The van der Waals surface area contributed by atoms with Crippen molar-refractivity contribution in [2.24, 2.45) is 0 Å². The van der Waals surface area contributed by atoms with Gasteiger partial charge in [-0.2, -0.15) is 4.31 Å². The summed E-state index contributed by atoms with van der Waals surface area (Å²) in [6.45, 7) is 3.05. The first-order chi connectivity index (χ1) is 8.96. The van der Waals surface area contributed by atoms with Crippen molar-refractivity contribution in [3.05, 3.63) is 28.2 Å². The van der Waals surface area contributed by atoms with Gasteiger partial charge in [0.15, 0.2) is 0 Å². The van der Waals surface area contributed by atoms with E-state index >= 15 is 0 Å².